The summed E-state index contributed by atoms with van der Waals surface area (Å²) in [4.78, 5) is 14.4. The number of hydrogen-bond donors (Lipinski definition) is 1. The molecule has 0 radical (unpaired) electrons. The molecule has 0 unspecified atom stereocenters. The highest BCUT2D eigenvalue weighted by Gasteiger charge is 2.28. The van der Waals surface area contributed by atoms with E-state index in [2.05, 4.69) is 26.1 Å². The summed E-state index contributed by atoms with van der Waals surface area (Å²) in [6, 6.07) is 10.2. The van der Waals surface area contributed by atoms with Crippen LogP contribution in [0.1, 0.15) is 16.1 Å². The van der Waals surface area contributed by atoms with Gasteiger partial charge >= 0.3 is 0 Å². The molecule has 0 saturated carbocycles. The summed E-state index contributed by atoms with van der Waals surface area (Å²) < 4.78 is 32.6. The first kappa shape index (κ1) is 20.1. The number of amides is 1. The Labute approximate surface area is 167 Å². The van der Waals surface area contributed by atoms with Crippen LogP contribution in [-0.2, 0) is 10.0 Å². The molecule has 7 nitrogen and oxygen atoms in total. The van der Waals surface area contributed by atoms with Crippen molar-refractivity contribution in [3.8, 4) is 0 Å². The molecule has 1 saturated heterocycles. The second kappa shape index (κ2) is 8.55. The predicted octanol–water partition coefficient (Wildman–Crippen LogP) is 2.09. The van der Waals surface area contributed by atoms with Crippen molar-refractivity contribution >= 4 is 31.9 Å². The van der Waals surface area contributed by atoms with Gasteiger partial charge in [-0.05, 0) is 47.1 Å². The highest BCUT2D eigenvalue weighted by molar-refractivity contribution is 9.10. The lowest BCUT2D eigenvalue weighted by Gasteiger charge is -2.33. The number of benzene rings is 1. The third-order valence-corrected chi connectivity index (χ3v) is 6.84. The number of nitrogens with zero attached hydrogens (tertiary/aromatic N) is 2. The summed E-state index contributed by atoms with van der Waals surface area (Å²) in [5.74, 6) is -0.00262. The van der Waals surface area contributed by atoms with Gasteiger partial charge in [0.05, 0.1) is 4.90 Å². The maximum atomic E-state index is 12.7. The van der Waals surface area contributed by atoms with Crippen LogP contribution in [0.5, 0.6) is 0 Å². The molecule has 1 fully saturated rings. The zero-order chi connectivity index (χ0) is 19.4. The van der Waals surface area contributed by atoms with Gasteiger partial charge in [0, 0.05) is 39.3 Å². The highest BCUT2D eigenvalue weighted by Crippen LogP contribution is 2.18. The Hall–Kier alpha value is -1.68. The molecule has 27 heavy (non-hydrogen) atoms. The lowest BCUT2D eigenvalue weighted by molar-refractivity contribution is 0.0916. The smallest absolute Gasteiger partial charge is 0.287 e. The number of piperazine rings is 1. The Balaban J connectivity index is 1.46. The average Bonchev–Trinajstić information content (AvgIpc) is 3.09. The number of furan rings is 1. The largest absolute Gasteiger partial charge is 0.444 e. The van der Waals surface area contributed by atoms with Crippen LogP contribution >= 0.6 is 15.9 Å². The molecule has 1 amide bonds. The fourth-order valence-corrected chi connectivity index (χ4v) is 4.63. The summed E-state index contributed by atoms with van der Waals surface area (Å²) in [5, 5.41) is 2.81. The molecule has 1 aromatic heterocycles. The summed E-state index contributed by atoms with van der Waals surface area (Å²) in [5.41, 5.74) is 1.03. The van der Waals surface area contributed by atoms with Gasteiger partial charge in [-0.25, -0.2) is 8.42 Å². The second-order valence-corrected chi connectivity index (χ2v) is 9.14. The van der Waals surface area contributed by atoms with E-state index in [0.29, 0.717) is 48.8 Å². The van der Waals surface area contributed by atoms with E-state index in [1.54, 1.807) is 24.3 Å². The Bertz CT molecular complexity index is 888. The number of rotatable bonds is 6. The minimum Gasteiger partial charge on any atom is -0.444 e. The number of hydrogen-bond acceptors (Lipinski definition) is 5. The number of carbonyl (C=O) groups is 1. The first-order valence-electron chi connectivity index (χ1n) is 8.69. The van der Waals surface area contributed by atoms with Crippen LogP contribution in [0.15, 0.2) is 50.4 Å². The van der Waals surface area contributed by atoms with Crippen molar-refractivity contribution in [1.29, 1.82) is 0 Å². The molecule has 146 valence electrons. The van der Waals surface area contributed by atoms with Crippen LogP contribution in [0.3, 0.4) is 0 Å². The van der Waals surface area contributed by atoms with Gasteiger partial charge in [-0.3, -0.25) is 9.69 Å². The molecule has 3 rings (SSSR count). The number of halogens is 1. The molecule has 1 aliphatic rings. The van der Waals surface area contributed by atoms with Crippen LogP contribution in [-0.4, -0.2) is 62.8 Å². The molecular formula is C18H22BrN3O4S. The van der Waals surface area contributed by atoms with Gasteiger partial charge in [0.25, 0.3) is 5.91 Å². The van der Waals surface area contributed by atoms with Gasteiger partial charge in [-0.1, -0.05) is 17.7 Å². The van der Waals surface area contributed by atoms with E-state index < -0.39 is 10.0 Å². The maximum Gasteiger partial charge on any atom is 0.287 e. The Kier molecular flexibility index (Phi) is 6.36. The molecular weight excluding hydrogens is 434 g/mol. The van der Waals surface area contributed by atoms with Gasteiger partial charge in [0.15, 0.2) is 10.4 Å². The Morgan fingerprint density at radius 2 is 1.78 bits per heavy atom. The second-order valence-electron chi connectivity index (χ2n) is 6.42. The molecule has 0 atom stereocenters. The molecule has 1 aliphatic heterocycles. The van der Waals surface area contributed by atoms with Crippen LogP contribution in [0.4, 0.5) is 0 Å². The van der Waals surface area contributed by atoms with E-state index >= 15 is 0 Å². The number of sulfonamides is 1. The topological polar surface area (TPSA) is 82.9 Å². The zero-order valence-corrected chi connectivity index (χ0v) is 17.4. The SMILES string of the molecule is Cc1ccc(S(=O)(=O)N2CCN(CCNC(=O)c3ccc(Br)o3)CC2)cc1. The van der Waals surface area contributed by atoms with E-state index in [9.17, 15) is 13.2 Å². The van der Waals surface area contributed by atoms with Crippen LogP contribution in [0.25, 0.3) is 0 Å². The number of nitrogens with one attached hydrogen (secondary N) is 1. The molecule has 1 aromatic carbocycles. The fourth-order valence-electron chi connectivity index (χ4n) is 2.90. The lowest BCUT2D eigenvalue weighted by atomic mass is 10.2. The third-order valence-electron chi connectivity index (χ3n) is 4.50. The zero-order valence-electron chi connectivity index (χ0n) is 15.0. The van der Waals surface area contributed by atoms with Gasteiger partial charge < -0.3 is 9.73 Å². The number of carbonyl (C=O) groups excluding carboxylic acids is 1. The van der Waals surface area contributed by atoms with Crippen molar-refractivity contribution in [3.05, 3.63) is 52.4 Å². The molecule has 0 bridgehead atoms. The van der Waals surface area contributed by atoms with Gasteiger partial charge in [0.2, 0.25) is 10.0 Å². The van der Waals surface area contributed by atoms with Crippen molar-refractivity contribution in [1.82, 2.24) is 14.5 Å². The van der Waals surface area contributed by atoms with Crippen LogP contribution in [0, 0.1) is 6.92 Å². The first-order valence-corrected chi connectivity index (χ1v) is 10.9. The summed E-state index contributed by atoms with van der Waals surface area (Å²) in [7, 11) is -3.45. The molecule has 9 heteroatoms. The molecule has 0 spiro atoms. The van der Waals surface area contributed by atoms with E-state index in [1.165, 1.54) is 4.31 Å². The maximum absolute atomic E-state index is 12.7. The average molecular weight is 456 g/mol. The molecule has 2 heterocycles. The standard InChI is InChI=1S/C18H22BrN3O4S/c1-14-2-4-15(5-3-14)27(24,25)22-12-10-21(11-13-22)9-8-20-18(23)16-6-7-17(19)26-16/h2-7H,8-13H2,1H3,(H,20,23). The highest BCUT2D eigenvalue weighted by atomic mass is 79.9. The Morgan fingerprint density at radius 1 is 1.11 bits per heavy atom. The van der Waals surface area contributed by atoms with Crippen LogP contribution < -0.4 is 5.32 Å². The van der Waals surface area contributed by atoms with Crippen LogP contribution in [0.2, 0.25) is 0 Å². The molecule has 2 aromatic rings. The van der Waals surface area contributed by atoms with Crippen molar-refractivity contribution in [3.63, 3.8) is 0 Å². The van der Waals surface area contributed by atoms with E-state index in [0.717, 1.165) is 5.56 Å². The van der Waals surface area contributed by atoms with Gasteiger partial charge in [-0.15, -0.1) is 0 Å². The van der Waals surface area contributed by atoms with Crippen molar-refractivity contribution in [2.45, 2.75) is 11.8 Å². The van der Waals surface area contributed by atoms with E-state index in [-0.39, 0.29) is 11.7 Å². The first-order chi connectivity index (χ1) is 12.9. The quantitative estimate of drug-likeness (QED) is 0.720. The number of aryl methyl sites for hydroxylation is 1. The third kappa shape index (κ3) is 4.98. The fraction of sp³-hybridized carbons (Fsp3) is 0.389. The van der Waals surface area contributed by atoms with Crippen molar-refractivity contribution in [2.75, 3.05) is 39.3 Å². The minimum absolute atomic E-state index is 0.260. The normalized spacial score (nSPS) is 16.4. The van der Waals surface area contributed by atoms with Gasteiger partial charge in [-0.2, -0.15) is 4.31 Å². The van der Waals surface area contributed by atoms with Crippen molar-refractivity contribution in [2.24, 2.45) is 0 Å². The molecule has 0 aliphatic carbocycles. The lowest BCUT2D eigenvalue weighted by Crippen LogP contribution is -2.50. The summed E-state index contributed by atoms with van der Waals surface area (Å²) >= 11 is 3.16. The molecule has 1 N–H and O–H groups in total. The van der Waals surface area contributed by atoms with E-state index in [4.69, 9.17) is 4.42 Å². The monoisotopic (exact) mass is 455 g/mol. The minimum atomic E-state index is -3.45. The van der Waals surface area contributed by atoms with Gasteiger partial charge in [0.1, 0.15) is 0 Å². The summed E-state index contributed by atoms with van der Waals surface area (Å²) in [6.07, 6.45) is 0. The van der Waals surface area contributed by atoms with Crippen molar-refractivity contribution < 1.29 is 17.6 Å². The Morgan fingerprint density at radius 3 is 2.37 bits per heavy atom. The predicted molar refractivity (Wildman–Crippen MR) is 105 cm³/mol. The summed E-state index contributed by atoms with van der Waals surface area (Å²) in [6.45, 7) is 5.21. The van der Waals surface area contributed by atoms with E-state index in [1.807, 2.05) is 19.1 Å².